The molecule has 0 fully saturated rings. The summed E-state index contributed by atoms with van der Waals surface area (Å²) in [6.45, 7) is 5.00. The number of nitrogens with two attached hydrogens (primary N) is 1. The van der Waals surface area contributed by atoms with E-state index in [1.807, 2.05) is 14.0 Å². The fourth-order valence-electron chi connectivity index (χ4n) is 1.88. The minimum absolute atomic E-state index is 0.698. The third kappa shape index (κ3) is 3.95. The van der Waals surface area contributed by atoms with Gasteiger partial charge in [-0.3, -0.25) is 0 Å². The Hall–Kier alpha value is -1.19. The molecule has 0 aliphatic heterocycles. The second-order valence-corrected chi connectivity index (χ2v) is 4.41. The summed E-state index contributed by atoms with van der Waals surface area (Å²) in [5.74, 6) is 0.720. The van der Waals surface area contributed by atoms with Gasteiger partial charge in [0.25, 0.3) is 0 Å². The Balaban J connectivity index is 2.34. The van der Waals surface area contributed by atoms with E-state index in [9.17, 15) is 0 Å². The summed E-state index contributed by atoms with van der Waals surface area (Å²) >= 11 is 0. The van der Waals surface area contributed by atoms with E-state index in [0.29, 0.717) is 5.69 Å². The molecule has 1 heterocycles. The highest BCUT2D eigenvalue weighted by atomic mass is 16.5. The first-order valence-corrected chi connectivity index (χ1v) is 6.64. The molecule has 0 radical (unpaired) electrons. The molecule has 98 valence electrons. The molecule has 0 saturated carbocycles. The number of hydrogen-bond acceptors (Lipinski definition) is 3. The highest BCUT2D eigenvalue weighted by Crippen LogP contribution is 2.24. The Morgan fingerprint density at radius 3 is 2.47 bits per heavy atom. The largest absolute Gasteiger partial charge is 0.476 e. The van der Waals surface area contributed by atoms with E-state index in [0.717, 1.165) is 31.0 Å². The van der Waals surface area contributed by atoms with Crippen molar-refractivity contribution < 1.29 is 4.74 Å². The maximum Gasteiger partial charge on any atom is 0.235 e. The van der Waals surface area contributed by atoms with Crippen molar-refractivity contribution in [3.05, 3.63) is 5.69 Å². The first-order valence-electron chi connectivity index (χ1n) is 6.64. The third-order valence-electron chi connectivity index (χ3n) is 2.93. The Bertz CT molecular complexity index is 334. The van der Waals surface area contributed by atoms with Gasteiger partial charge >= 0.3 is 0 Å². The lowest BCUT2D eigenvalue weighted by Crippen LogP contribution is -2.04. The molecule has 17 heavy (non-hydrogen) atoms. The van der Waals surface area contributed by atoms with E-state index in [4.69, 9.17) is 10.5 Å². The molecule has 1 aromatic rings. The van der Waals surface area contributed by atoms with Crippen LogP contribution in [0.2, 0.25) is 0 Å². The van der Waals surface area contributed by atoms with Gasteiger partial charge < -0.3 is 10.5 Å². The molecule has 1 aromatic heterocycles. The monoisotopic (exact) mass is 239 g/mol. The van der Waals surface area contributed by atoms with Crippen LogP contribution in [0.1, 0.15) is 51.6 Å². The summed E-state index contributed by atoms with van der Waals surface area (Å²) in [5.41, 5.74) is 7.59. The van der Waals surface area contributed by atoms with E-state index in [2.05, 4.69) is 12.0 Å². The molecule has 4 nitrogen and oxygen atoms in total. The number of ether oxygens (including phenoxy) is 1. The van der Waals surface area contributed by atoms with Crippen LogP contribution < -0.4 is 10.5 Å². The summed E-state index contributed by atoms with van der Waals surface area (Å²) in [4.78, 5) is 0. The van der Waals surface area contributed by atoms with Crippen molar-refractivity contribution in [1.82, 2.24) is 9.78 Å². The summed E-state index contributed by atoms with van der Waals surface area (Å²) in [6, 6.07) is 0. The summed E-state index contributed by atoms with van der Waals surface area (Å²) < 4.78 is 7.44. The van der Waals surface area contributed by atoms with Crippen LogP contribution in [0.3, 0.4) is 0 Å². The van der Waals surface area contributed by atoms with Crippen molar-refractivity contribution in [3.63, 3.8) is 0 Å². The number of anilines is 1. The summed E-state index contributed by atoms with van der Waals surface area (Å²) in [5, 5.41) is 4.32. The molecule has 4 heteroatoms. The second kappa shape index (κ2) is 7.20. The van der Waals surface area contributed by atoms with Crippen LogP contribution in [0.15, 0.2) is 0 Å². The Kier molecular flexibility index (Phi) is 5.87. The van der Waals surface area contributed by atoms with Crippen LogP contribution in [0.25, 0.3) is 0 Å². The van der Waals surface area contributed by atoms with Crippen LogP contribution >= 0.6 is 0 Å². The van der Waals surface area contributed by atoms with E-state index < -0.39 is 0 Å². The molecular weight excluding hydrogens is 214 g/mol. The van der Waals surface area contributed by atoms with E-state index >= 15 is 0 Å². The lowest BCUT2D eigenvalue weighted by atomic mass is 10.2. The molecule has 0 aliphatic rings. The van der Waals surface area contributed by atoms with Crippen LogP contribution in [-0.4, -0.2) is 16.4 Å². The molecule has 0 atom stereocenters. The minimum atomic E-state index is 0.698. The SMILES string of the molecule is CCCCCCCOc1c(N)c(CC)nn1C. The van der Waals surface area contributed by atoms with Crippen molar-refractivity contribution in [2.75, 3.05) is 12.3 Å². The molecule has 0 spiro atoms. The fraction of sp³-hybridized carbons (Fsp3) is 0.769. The van der Waals surface area contributed by atoms with Crippen LogP contribution in [0.5, 0.6) is 5.88 Å². The van der Waals surface area contributed by atoms with Crippen LogP contribution in [0, 0.1) is 0 Å². The predicted molar refractivity (Wildman–Crippen MR) is 71.3 cm³/mol. The number of unbranched alkanes of at least 4 members (excludes halogenated alkanes) is 4. The van der Waals surface area contributed by atoms with Crippen molar-refractivity contribution in [2.24, 2.45) is 7.05 Å². The Morgan fingerprint density at radius 1 is 1.18 bits per heavy atom. The number of hydrogen-bond donors (Lipinski definition) is 1. The van der Waals surface area contributed by atoms with Gasteiger partial charge in [0, 0.05) is 7.05 Å². The highest BCUT2D eigenvalue weighted by Gasteiger charge is 2.12. The normalized spacial score (nSPS) is 10.8. The van der Waals surface area contributed by atoms with Gasteiger partial charge in [-0.15, -0.1) is 0 Å². The Labute approximate surface area is 104 Å². The van der Waals surface area contributed by atoms with Gasteiger partial charge in [-0.05, 0) is 12.8 Å². The summed E-state index contributed by atoms with van der Waals surface area (Å²) in [7, 11) is 1.88. The van der Waals surface area contributed by atoms with Crippen LogP contribution in [0.4, 0.5) is 5.69 Å². The molecule has 0 aromatic carbocycles. The van der Waals surface area contributed by atoms with E-state index in [-0.39, 0.29) is 0 Å². The van der Waals surface area contributed by atoms with Gasteiger partial charge in [0.15, 0.2) is 0 Å². The zero-order chi connectivity index (χ0) is 12.7. The number of rotatable bonds is 8. The molecule has 0 aliphatic carbocycles. The molecule has 0 saturated heterocycles. The lowest BCUT2D eigenvalue weighted by molar-refractivity contribution is 0.281. The smallest absolute Gasteiger partial charge is 0.235 e. The molecule has 0 amide bonds. The van der Waals surface area contributed by atoms with Gasteiger partial charge in [-0.25, -0.2) is 4.68 Å². The zero-order valence-electron chi connectivity index (χ0n) is 11.3. The molecular formula is C13H25N3O. The van der Waals surface area contributed by atoms with Gasteiger partial charge in [-0.1, -0.05) is 39.5 Å². The average Bonchev–Trinajstić information content (AvgIpc) is 2.60. The highest BCUT2D eigenvalue weighted by molar-refractivity contribution is 5.52. The fourth-order valence-corrected chi connectivity index (χ4v) is 1.88. The molecule has 2 N–H and O–H groups in total. The zero-order valence-corrected chi connectivity index (χ0v) is 11.3. The summed E-state index contributed by atoms with van der Waals surface area (Å²) in [6.07, 6.45) is 7.04. The molecule has 0 bridgehead atoms. The molecule has 1 rings (SSSR count). The van der Waals surface area contributed by atoms with E-state index in [1.54, 1.807) is 4.68 Å². The second-order valence-electron chi connectivity index (χ2n) is 4.41. The van der Waals surface area contributed by atoms with Crippen molar-refractivity contribution in [2.45, 2.75) is 52.4 Å². The Morgan fingerprint density at radius 2 is 1.88 bits per heavy atom. The van der Waals surface area contributed by atoms with Gasteiger partial charge in [0.1, 0.15) is 5.69 Å². The van der Waals surface area contributed by atoms with Gasteiger partial charge in [0.2, 0.25) is 5.88 Å². The number of aryl methyl sites for hydroxylation is 2. The van der Waals surface area contributed by atoms with Crippen molar-refractivity contribution in [3.8, 4) is 5.88 Å². The average molecular weight is 239 g/mol. The maximum atomic E-state index is 5.97. The first kappa shape index (κ1) is 13.9. The number of aromatic nitrogens is 2. The minimum Gasteiger partial charge on any atom is -0.476 e. The van der Waals surface area contributed by atoms with Crippen molar-refractivity contribution >= 4 is 5.69 Å². The van der Waals surface area contributed by atoms with Crippen LogP contribution in [-0.2, 0) is 13.5 Å². The van der Waals surface area contributed by atoms with Crippen molar-refractivity contribution in [1.29, 1.82) is 0 Å². The van der Waals surface area contributed by atoms with Gasteiger partial charge in [0.05, 0.1) is 12.3 Å². The topological polar surface area (TPSA) is 53.1 Å². The lowest BCUT2D eigenvalue weighted by Gasteiger charge is -2.06. The first-order chi connectivity index (χ1) is 8.20. The van der Waals surface area contributed by atoms with E-state index in [1.165, 1.54) is 25.7 Å². The number of nitrogens with zero attached hydrogens (tertiary/aromatic N) is 2. The van der Waals surface area contributed by atoms with Gasteiger partial charge in [-0.2, -0.15) is 5.10 Å². The number of nitrogen functional groups attached to an aromatic ring is 1. The predicted octanol–water partition coefficient (Wildman–Crippen LogP) is 2.91. The maximum absolute atomic E-state index is 5.97. The quantitative estimate of drug-likeness (QED) is 0.710. The third-order valence-corrected chi connectivity index (χ3v) is 2.93. The standard InChI is InChI=1S/C13H25N3O/c1-4-6-7-8-9-10-17-13-12(14)11(5-2)15-16(13)3/h4-10,14H2,1-3H3. The molecule has 0 unspecified atom stereocenters.